The van der Waals surface area contributed by atoms with E-state index in [1.165, 1.54) is 6.33 Å². The second kappa shape index (κ2) is 6.63. The minimum absolute atomic E-state index is 0.0244. The van der Waals surface area contributed by atoms with Crippen molar-refractivity contribution >= 4 is 11.9 Å². The van der Waals surface area contributed by atoms with Crippen molar-refractivity contribution in [3.8, 4) is 5.75 Å². The second-order valence-corrected chi connectivity index (χ2v) is 6.34. The van der Waals surface area contributed by atoms with E-state index in [1.54, 1.807) is 18.9 Å². The fourth-order valence-corrected chi connectivity index (χ4v) is 3.62. The Kier molecular flexibility index (Phi) is 4.16. The summed E-state index contributed by atoms with van der Waals surface area (Å²) in [6.07, 6.45) is 2.24. The number of carbonyl (C=O) groups is 1. The number of carbonyl (C=O) groups excluding carboxylic acids is 1. The van der Waals surface area contributed by atoms with E-state index in [9.17, 15) is 4.79 Å². The highest BCUT2D eigenvalue weighted by Crippen LogP contribution is 2.41. The third kappa shape index (κ3) is 2.73. The van der Waals surface area contributed by atoms with Gasteiger partial charge in [-0.15, -0.1) is 0 Å². The maximum absolute atomic E-state index is 12.4. The number of nitrogens with zero attached hydrogens (tertiary/aromatic N) is 4. The molecule has 0 N–H and O–H groups in total. The van der Waals surface area contributed by atoms with Crippen LogP contribution in [0.3, 0.4) is 0 Å². The SMILES string of the molecule is COc1ccc([C@@H]2C[C@H](c3ccccc3)n3ncnc3N2C(C)=O)cc1. The Bertz CT molecular complexity index is 905. The van der Waals surface area contributed by atoms with Crippen LogP contribution in [0.5, 0.6) is 5.75 Å². The van der Waals surface area contributed by atoms with Crippen LogP contribution in [-0.4, -0.2) is 27.8 Å². The van der Waals surface area contributed by atoms with Crippen molar-refractivity contribution in [1.29, 1.82) is 0 Å². The highest BCUT2D eigenvalue weighted by Gasteiger charge is 2.37. The summed E-state index contributed by atoms with van der Waals surface area (Å²) in [5.41, 5.74) is 2.21. The van der Waals surface area contributed by atoms with Crippen molar-refractivity contribution in [2.24, 2.45) is 0 Å². The third-order valence-electron chi connectivity index (χ3n) is 4.85. The molecule has 0 unspecified atom stereocenters. The van der Waals surface area contributed by atoms with Crippen LogP contribution in [0.15, 0.2) is 60.9 Å². The lowest BCUT2D eigenvalue weighted by Gasteiger charge is -2.38. The summed E-state index contributed by atoms with van der Waals surface area (Å²) in [5.74, 6) is 1.33. The van der Waals surface area contributed by atoms with Crippen molar-refractivity contribution < 1.29 is 9.53 Å². The zero-order valence-electron chi connectivity index (χ0n) is 14.7. The van der Waals surface area contributed by atoms with Crippen molar-refractivity contribution in [3.63, 3.8) is 0 Å². The largest absolute Gasteiger partial charge is 0.497 e. The summed E-state index contributed by atoms with van der Waals surface area (Å²) >= 11 is 0. The number of fused-ring (bicyclic) bond motifs is 1. The predicted octanol–water partition coefficient (Wildman–Crippen LogP) is 3.37. The number of hydrogen-bond acceptors (Lipinski definition) is 4. The van der Waals surface area contributed by atoms with Crippen LogP contribution in [0, 0.1) is 0 Å². The Morgan fingerprint density at radius 3 is 2.38 bits per heavy atom. The van der Waals surface area contributed by atoms with Crippen molar-refractivity contribution in [2.75, 3.05) is 12.0 Å². The van der Waals surface area contributed by atoms with E-state index in [1.807, 2.05) is 47.1 Å². The number of methoxy groups -OCH3 is 1. The van der Waals surface area contributed by atoms with Crippen LogP contribution >= 0.6 is 0 Å². The van der Waals surface area contributed by atoms with Crippen LogP contribution in [0.4, 0.5) is 5.95 Å². The molecule has 1 aliphatic rings. The summed E-state index contributed by atoms with van der Waals surface area (Å²) in [4.78, 5) is 18.5. The number of anilines is 1. The van der Waals surface area contributed by atoms with E-state index >= 15 is 0 Å². The van der Waals surface area contributed by atoms with E-state index in [2.05, 4.69) is 22.2 Å². The average Bonchev–Trinajstić information content (AvgIpc) is 3.16. The van der Waals surface area contributed by atoms with Crippen LogP contribution in [0.1, 0.15) is 36.6 Å². The topological polar surface area (TPSA) is 60.2 Å². The summed E-state index contributed by atoms with van der Waals surface area (Å²) < 4.78 is 7.10. The molecule has 2 aromatic carbocycles. The first-order valence-corrected chi connectivity index (χ1v) is 8.57. The summed E-state index contributed by atoms with van der Waals surface area (Å²) in [6, 6.07) is 18.0. The van der Waals surface area contributed by atoms with E-state index < -0.39 is 0 Å². The molecule has 4 rings (SSSR count). The molecule has 1 aromatic heterocycles. The molecule has 1 aliphatic heterocycles. The lowest BCUT2D eigenvalue weighted by Crippen LogP contribution is -2.41. The van der Waals surface area contributed by atoms with Gasteiger partial charge in [-0.05, 0) is 29.7 Å². The Hall–Kier alpha value is -3.15. The van der Waals surface area contributed by atoms with Crippen molar-refractivity contribution in [3.05, 3.63) is 72.1 Å². The van der Waals surface area contributed by atoms with Crippen molar-refractivity contribution in [1.82, 2.24) is 14.8 Å². The molecule has 6 nitrogen and oxygen atoms in total. The second-order valence-electron chi connectivity index (χ2n) is 6.34. The van der Waals surface area contributed by atoms with Gasteiger partial charge in [0, 0.05) is 6.92 Å². The highest BCUT2D eigenvalue weighted by atomic mass is 16.5. The van der Waals surface area contributed by atoms with Gasteiger partial charge in [-0.1, -0.05) is 42.5 Å². The van der Waals surface area contributed by atoms with Crippen LogP contribution in [-0.2, 0) is 4.79 Å². The Labute approximate surface area is 152 Å². The monoisotopic (exact) mass is 348 g/mol. The van der Waals surface area contributed by atoms with E-state index in [4.69, 9.17) is 4.74 Å². The third-order valence-corrected chi connectivity index (χ3v) is 4.85. The predicted molar refractivity (Wildman–Crippen MR) is 98.1 cm³/mol. The number of aromatic nitrogens is 3. The normalized spacial score (nSPS) is 19.1. The standard InChI is InChI=1S/C20H20N4O2/c1-14(25)23-18(16-8-10-17(26-2)11-9-16)12-19(15-6-4-3-5-7-15)24-20(23)21-13-22-24/h3-11,13,18-19H,12H2,1-2H3/t18-,19+/m0/s1. The number of amides is 1. The van der Waals surface area contributed by atoms with Crippen LogP contribution in [0.25, 0.3) is 0 Å². The highest BCUT2D eigenvalue weighted by molar-refractivity contribution is 5.90. The molecule has 0 saturated heterocycles. The lowest BCUT2D eigenvalue weighted by atomic mass is 9.92. The Morgan fingerprint density at radius 2 is 1.73 bits per heavy atom. The molecule has 2 heterocycles. The molecule has 26 heavy (non-hydrogen) atoms. The first-order valence-electron chi connectivity index (χ1n) is 8.57. The molecule has 0 radical (unpaired) electrons. The number of benzene rings is 2. The van der Waals surface area contributed by atoms with E-state index in [0.29, 0.717) is 5.95 Å². The van der Waals surface area contributed by atoms with Gasteiger partial charge in [-0.3, -0.25) is 9.69 Å². The number of ether oxygens (including phenoxy) is 1. The number of rotatable bonds is 3. The smallest absolute Gasteiger partial charge is 0.231 e. The van der Waals surface area contributed by atoms with Crippen LogP contribution in [0.2, 0.25) is 0 Å². The van der Waals surface area contributed by atoms with Crippen LogP contribution < -0.4 is 9.64 Å². The molecule has 0 saturated carbocycles. The average molecular weight is 348 g/mol. The maximum atomic E-state index is 12.4. The molecule has 0 fully saturated rings. The fourth-order valence-electron chi connectivity index (χ4n) is 3.62. The van der Waals surface area contributed by atoms with Crippen molar-refractivity contribution in [2.45, 2.75) is 25.4 Å². The Balaban J connectivity index is 1.81. The van der Waals surface area contributed by atoms with E-state index in [-0.39, 0.29) is 18.0 Å². The lowest BCUT2D eigenvalue weighted by molar-refractivity contribution is -0.117. The first-order chi connectivity index (χ1) is 12.7. The molecular weight excluding hydrogens is 328 g/mol. The van der Waals surface area contributed by atoms with Gasteiger partial charge in [0.25, 0.3) is 0 Å². The molecule has 0 spiro atoms. The molecule has 1 amide bonds. The quantitative estimate of drug-likeness (QED) is 0.728. The number of hydrogen-bond donors (Lipinski definition) is 0. The summed E-state index contributed by atoms with van der Waals surface area (Å²) in [5, 5.41) is 4.39. The molecule has 3 aromatic rings. The minimum Gasteiger partial charge on any atom is -0.497 e. The minimum atomic E-state index is -0.111. The fraction of sp³-hybridized carbons (Fsp3) is 0.250. The molecule has 0 aliphatic carbocycles. The van der Waals surface area contributed by atoms with E-state index in [0.717, 1.165) is 23.3 Å². The summed E-state index contributed by atoms with van der Waals surface area (Å²) in [7, 11) is 1.64. The van der Waals surface area contributed by atoms with Gasteiger partial charge < -0.3 is 4.74 Å². The molecule has 132 valence electrons. The van der Waals surface area contributed by atoms with Gasteiger partial charge in [-0.2, -0.15) is 10.1 Å². The van der Waals surface area contributed by atoms with Gasteiger partial charge in [-0.25, -0.2) is 4.68 Å². The molecule has 0 bridgehead atoms. The molecular formula is C20H20N4O2. The molecule has 6 heteroatoms. The first kappa shape index (κ1) is 16.3. The summed E-state index contributed by atoms with van der Waals surface area (Å²) in [6.45, 7) is 1.57. The zero-order valence-corrected chi connectivity index (χ0v) is 14.7. The maximum Gasteiger partial charge on any atom is 0.231 e. The zero-order chi connectivity index (χ0) is 18.1. The van der Waals surface area contributed by atoms with Gasteiger partial charge in [0.15, 0.2) is 0 Å². The van der Waals surface area contributed by atoms with Gasteiger partial charge in [0.1, 0.15) is 12.1 Å². The van der Waals surface area contributed by atoms with Gasteiger partial charge >= 0.3 is 0 Å². The van der Waals surface area contributed by atoms with Gasteiger partial charge in [0.05, 0.1) is 19.2 Å². The van der Waals surface area contributed by atoms with Gasteiger partial charge in [0.2, 0.25) is 11.9 Å². The molecule has 2 atom stereocenters. The Morgan fingerprint density at radius 1 is 1.04 bits per heavy atom.